The number of unbranched alkanes of at least 4 members (excludes halogenated alkanes) is 1. The molecule has 4 rings (SSSR count). The lowest BCUT2D eigenvalue weighted by Gasteiger charge is -2.16. The topological polar surface area (TPSA) is 191 Å². The maximum atomic E-state index is 12.9. The maximum Gasteiger partial charge on any atom is 0.303 e. The highest BCUT2D eigenvalue weighted by Crippen LogP contribution is 2.31. The Kier molecular flexibility index (Phi) is 20.0. The number of ether oxygens (including phenoxy) is 5. The molecule has 14 nitrogen and oxygen atoms in total. The number of rotatable bonds is 29. The number of fused-ring (bicyclic) bond motifs is 1. The number of hydrogen-bond acceptors (Lipinski definition) is 10. The highest BCUT2D eigenvalue weighted by molar-refractivity contribution is 5.89. The minimum absolute atomic E-state index is 0.00487. The molecule has 0 fully saturated rings. The summed E-state index contributed by atoms with van der Waals surface area (Å²) < 4.78 is 27.7. The Morgan fingerprint density at radius 2 is 1.47 bits per heavy atom. The van der Waals surface area contributed by atoms with Crippen LogP contribution < -0.4 is 10.1 Å². The molecular formula is C43H53N5O9. The fourth-order valence-corrected chi connectivity index (χ4v) is 6.07. The van der Waals surface area contributed by atoms with E-state index in [4.69, 9.17) is 29.2 Å². The number of carboxylic acids is 1. The Morgan fingerprint density at radius 1 is 0.789 bits per heavy atom. The van der Waals surface area contributed by atoms with Crippen molar-refractivity contribution in [2.45, 2.75) is 51.4 Å². The van der Waals surface area contributed by atoms with Gasteiger partial charge >= 0.3 is 5.97 Å². The van der Waals surface area contributed by atoms with Gasteiger partial charge in [-0.3, -0.25) is 19.4 Å². The third kappa shape index (κ3) is 17.5. The van der Waals surface area contributed by atoms with Gasteiger partial charge in [0.1, 0.15) is 12.4 Å². The van der Waals surface area contributed by atoms with Crippen LogP contribution in [0.1, 0.15) is 54.8 Å². The average molecular weight is 784 g/mol. The summed E-state index contributed by atoms with van der Waals surface area (Å²) in [5.41, 5.74) is 13.0. The predicted octanol–water partition coefficient (Wildman–Crippen LogP) is 7.01. The Labute approximate surface area is 333 Å². The molecule has 0 saturated carbocycles. The van der Waals surface area contributed by atoms with Crippen molar-refractivity contribution in [2.24, 2.45) is 5.11 Å². The van der Waals surface area contributed by atoms with Crippen LogP contribution in [0.3, 0.4) is 0 Å². The van der Waals surface area contributed by atoms with Gasteiger partial charge in [0, 0.05) is 42.1 Å². The first-order chi connectivity index (χ1) is 27.8. The third-order valence-electron chi connectivity index (χ3n) is 8.95. The molecule has 4 aromatic rings. The lowest BCUT2D eigenvalue weighted by molar-refractivity contribution is -0.137. The number of carboxylic acid groups (broad SMARTS) is 1. The van der Waals surface area contributed by atoms with E-state index in [9.17, 15) is 19.5 Å². The number of amides is 1. The van der Waals surface area contributed by atoms with Crippen LogP contribution in [-0.4, -0.2) is 100 Å². The molecule has 1 heterocycles. The summed E-state index contributed by atoms with van der Waals surface area (Å²) in [7, 11) is 0. The van der Waals surface area contributed by atoms with Gasteiger partial charge in [-0.2, -0.15) is 0 Å². The van der Waals surface area contributed by atoms with Crippen LogP contribution in [-0.2, 0) is 39.8 Å². The molecule has 0 aliphatic carbocycles. The number of Topliss-reactive ketones (excluding diaryl/α,β-unsaturated/α-hetero) is 1. The first kappa shape index (κ1) is 44.3. The molecule has 0 radical (unpaired) electrons. The standard InChI is InChI=1S/C43H53N5O9/c1-32-13-14-45-39(25-32)7-2-3-8-42(50)46-31-40(49)28-38(30-43(51)52)34-6-4-5-33(26-34)35-9-10-37-29-41(12-11-36(37)27-35)57-24-23-56-22-21-55-20-19-54-18-17-53-16-15-47-48-44/h4-6,9-14,25-27,29,38H,2-3,7-8,15-24,28,30-31H2,1H3,(H,46,50)(H,51,52)/t38-/m0/s1. The molecule has 0 unspecified atom stereocenters. The molecule has 0 spiro atoms. The van der Waals surface area contributed by atoms with Crippen molar-refractivity contribution in [3.8, 4) is 16.9 Å². The van der Waals surface area contributed by atoms with Crippen LogP contribution in [0, 0.1) is 6.92 Å². The predicted molar refractivity (Wildman–Crippen MR) is 216 cm³/mol. The Balaban J connectivity index is 1.17. The number of nitrogens with zero attached hydrogens (tertiary/aromatic N) is 4. The summed E-state index contributed by atoms with van der Waals surface area (Å²) >= 11 is 0. The van der Waals surface area contributed by atoms with E-state index in [1.54, 1.807) is 6.20 Å². The number of nitrogens with one attached hydrogen (secondary N) is 1. The monoisotopic (exact) mass is 783 g/mol. The lowest BCUT2D eigenvalue weighted by Crippen LogP contribution is -2.30. The molecule has 1 aromatic heterocycles. The molecule has 304 valence electrons. The average Bonchev–Trinajstić information content (AvgIpc) is 3.21. The number of hydrogen-bond donors (Lipinski definition) is 2. The molecule has 1 atom stereocenters. The summed E-state index contributed by atoms with van der Waals surface area (Å²) in [6.07, 6.45) is 4.19. The minimum Gasteiger partial charge on any atom is -0.491 e. The Morgan fingerprint density at radius 3 is 2.19 bits per heavy atom. The van der Waals surface area contributed by atoms with E-state index in [0.717, 1.165) is 57.3 Å². The number of aryl methyl sites for hydroxylation is 2. The number of aliphatic carboxylic acids is 1. The van der Waals surface area contributed by atoms with Gasteiger partial charge in [-0.1, -0.05) is 47.6 Å². The van der Waals surface area contributed by atoms with E-state index in [1.165, 1.54) is 0 Å². The highest BCUT2D eigenvalue weighted by atomic mass is 16.6. The second-order valence-corrected chi connectivity index (χ2v) is 13.4. The second-order valence-electron chi connectivity index (χ2n) is 13.4. The molecule has 0 aliphatic rings. The van der Waals surface area contributed by atoms with Gasteiger partial charge in [0.2, 0.25) is 5.91 Å². The largest absolute Gasteiger partial charge is 0.491 e. The molecule has 2 N–H and O–H groups in total. The zero-order chi connectivity index (χ0) is 40.5. The van der Waals surface area contributed by atoms with Gasteiger partial charge in [0.15, 0.2) is 5.78 Å². The zero-order valence-electron chi connectivity index (χ0n) is 32.6. The molecule has 57 heavy (non-hydrogen) atoms. The summed E-state index contributed by atoms with van der Waals surface area (Å²) in [6, 6.07) is 23.6. The van der Waals surface area contributed by atoms with Gasteiger partial charge < -0.3 is 34.1 Å². The van der Waals surface area contributed by atoms with Gasteiger partial charge in [-0.05, 0) is 95.1 Å². The third-order valence-corrected chi connectivity index (χ3v) is 8.95. The van der Waals surface area contributed by atoms with Gasteiger partial charge in [0.05, 0.1) is 65.8 Å². The molecule has 0 aliphatic heterocycles. The molecule has 0 saturated heterocycles. The second kappa shape index (κ2) is 25.7. The van der Waals surface area contributed by atoms with Gasteiger partial charge in [-0.15, -0.1) is 0 Å². The van der Waals surface area contributed by atoms with E-state index in [2.05, 4.69) is 26.4 Å². The maximum absolute atomic E-state index is 12.9. The van der Waals surface area contributed by atoms with Crippen LogP contribution in [0.5, 0.6) is 5.75 Å². The molecule has 3 aromatic carbocycles. The van der Waals surface area contributed by atoms with Crippen LogP contribution in [0.4, 0.5) is 0 Å². The van der Waals surface area contributed by atoms with Crippen LogP contribution in [0.2, 0.25) is 0 Å². The number of pyridine rings is 1. The van der Waals surface area contributed by atoms with Crippen molar-refractivity contribution in [3.63, 3.8) is 0 Å². The Hall–Kier alpha value is -5.37. The number of carbonyl (C=O) groups is 3. The van der Waals surface area contributed by atoms with Crippen molar-refractivity contribution in [2.75, 3.05) is 72.6 Å². The molecule has 1 amide bonds. The minimum atomic E-state index is -0.993. The Bertz CT molecular complexity index is 1920. The van der Waals surface area contributed by atoms with Crippen molar-refractivity contribution >= 4 is 28.4 Å². The van der Waals surface area contributed by atoms with Crippen molar-refractivity contribution in [1.82, 2.24) is 10.3 Å². The van der Waals surface area contributed by atoms with E-state index in [1.807, 2.05) is 73.7 Å². The zero-order valence-corrected chi connectivity index (χ0v) is 32.6. The van der Waals surface area contributed by atoms with Crippen LogP contribution in [0.15, 0.2) is 84.1 Å². The van der Waals surface area contributed by atoms with E-state index in [-0.39, 0.29) is 31.1 Å². The first-order valence-electron chi connectivity index (χ1n) is 19.3. The van der Waals surface area contributed by atoms with Crippen molar-refractivity contribution in [3.05, 3.63) is 106 Å². The van der Waals surface area contributed by atoms with Crippen LogP contribution in [0.25, 0.3) is 32.3 Å². The van der Waals surface area contributed by atoms with Crippen molar-refractivity contribution in [1.29, 1.82) is 0 Å². The lowest BCUT2D eigenvalue weighted by atomic mass is 9.88. The normalized spacial score (nSPS) is 11.5. The highest BCUT2D eigenvalue weighted by Gasteiger charge is 2.20. The fraction of sp³-hybridized carbons (Fsp3) is 0.442. The number of benzene rings is 3. The first-order valence-corrected chi connectivity index (χ1v) is 19.3. The summed E-state index contributed by atoms with van der Waals surface area (Å²) in [5.74, 6) is -1.22. The molecule has 14 heteroatoms. The molecule has 0 bridgehead atoms. The number of carbonyl (C=O) groups excluding carboxylic acids is 2. The van der Waals surface area contributed by atoms with E-state index in [0.29, 0.717) is 78.8 Å². The summed E-state index contributed by atoms with van der Waals surface area (Å²) in [6.45, 7) is 6.03. The van der Waals surface area contributed by atoms with Crippen LogP contribution >= 0.6 is 0 Å². The van der Waals surface area contributed by atoms with Crippen molar-refractivity contribution < 1.29 is 43.2 Å². The number of azide groups is 1. The smallest absolute Gasteiger partial charge is 0.303 e. The van der Waals surface area contributed by atoms with E-state index < -0.39 is 11.9 Å². The quantitative estimate of drug-likeness (QED) is 0.0251. The fourth-order valence-electron chi connectivity index (χ4n) is 6.07. The van der Waals surface area contributed by atoms with Gasteiger partial charge in [0.25, 0.3) is 0 Å². The summed E-state index contributed by atoms with van der Waals surface area (Å²) in [4.78, 5) is 44.2. The SMILES string of the molecule is Cc1ccnc(CCCCC(=O)NCC(=O)C[C@@H](CC(=O)O)c2cccc(-c3ccc4cc(OCCOCCOCCOCCOCCN=[N+]=[N-])ccc4c3)c2)c1. The van der Waals surface area contributed by atoms with Gasteiger partial charge in [-0.25, -0.2) is 0 Å². The summed E-state index contributed by atoms with van der Waals surface area (Å²) in [5, 5.41) is 17.8. The molecular weight excluding hydrogens is 730 g/mol. The number of ketones is 1. The van der Waals surface area contributed by atoms with E-state index >= 15 is 0 Å². The number of aromatic nitrogens is 1.